The number of aromatic nitrogens is 5. The summed E-state index contributed by atoms with van der Waals surface area (Å²) in [6.45, 7) is 2.73. The molecule has 3 heterocycles. The van der Waals surface area contributed by atoms with Crippen LogP contribution in [0.1, 0.15) is 23.9 Å². The van der Waals surface area contributed by atoms with E-state index in [0.717, 1.165) is 29.2 Å². The molecule has 0 N–H and O–H groups in total. The number of rotatable bonds is 4. The molecule has 6 heteroatoms. The third-order valence-electron chi connectivity index (χ3n) is 4.21. The van der Waals surface area contributed by atoms with Crippen LogP contribution in [-0.4, -0.2) is 23.9 Å². The summed E-state index contributed by atoms with van der Waals surface area (Å²) in [5.41, 5.74) is 3.67. The minimum absolute atomic E-state index is 0.610. The topological polar surface area (TPSA) is 71.8 Å². The highest BCUT2D eigenvalue weighted by atomic mass is 15.1. The van der Waals surface area contributed by atoms with Crippen LogP contribution in [0.4, 0.5) is 0 Å². The van der Waals surface area contributed by atoms with Gasteiger partial charge in [-0.3, -0.25) is 4.40 Å². The molecule has 25 heavy (non-hydrogen) atoms. The number of hydrogen-bond donors (Lipinski definition) is 0. The van der Waals surface area contributed by atoms with Crippen LogP contribution in [0.5, 0.6) is 0 Å². The van der Waals surface area contributed by atoms with E-state index in [-0.39, 0.29) is 0 Å². The summed E-state index contributed by atoms with van der Waals surface area (Å²) in [7, 11) is 0. The predicted molar refractivity (Wildman–Crippen MR) is 93.8 cm³/mol. The Bertz CT molecular complexity index is 1080. The highest BCUT2D eigenvalue weighted by Crippen LogP contribution is 2.21. The van der Waals surface area contributed by atoms with Crippen LogP contribution in [0.25, 0.3) is 17.2 Å². The van der Waals surface area contributed by atoms with Crippen molar-refractivity contribution in [3.05, 3.63) is 72.1 Å². The van der Waals surface area contributed by atoms with Crippen molar-refractivity contribution in [2.75, 3.05) is 0 Å². The summed E-state index contributed by atoms with van der Waals surface area (Å²) >= 11 is 0. The predicted octanol–water partition coefficient (Wildman–Crippen LogP) is 3.08. The molecule has 122 valence electrons. The molecule has 0 spiro atoms. The van der Waals surface area contributed by atoms with Gasteiger partial charge in [-0.2, -0.15) is 5.26 Å². The van der Waals surface area contributed by atoms with E-state index in [1.54, 1.807) is 18.5 Å². The van der Waals surface area contributed by atoms with Gasteiger partial charge in [0.1, 0.15) is 5.82 Å². The summed E-state index contributed by atoms with van der Waals surface area (Å²) in [6.07, 6.45) is 8.32. The monoisotopic (exact) mass is 328 g/mol. The summed E-state index contributed by atoms with van der Waals surface area (Å²) in [4.78, 5) is 13.5. The minimum Gasteiger partial charge on any atom is -0.325 e. The van der Waals surface area contributed by atoms with E-state index in [2.05, 4.69) is 32.5 Å². The van der Waals surface area contributed by atoms with Crippen LogP contribution in [0.2, 0.25) is 0 Å². The van der Waals surface area contributed by atoms with Crippen molar-refractivity contribution >= 4 is 5.78 Å². The van der Waals surface area contributed by atoms with E-state index in [1.165, 1.54) is 0 Å². The fraction of sp³-hybridized carbons (Fsp3) is 0.158. The molecule has 6 nitrogen and oxygen atoms in total. The Morgan fingerprint density at radius 2 is 2.04 bits per heavy atom. The molecule has 0 aliphatic heterocycles. The number of aryl methyl sites for hydroxylation is 1. The number of nitriles is 1. The van der Waals surface area contributed by atoms with Gasteiger partial charge in [0.25, 0.3) is 0 Å². The maximum atomic E-state index is 9.12. The summed E-state index contributed by atoms with van der Waals surface area (Å²) in [5.74, 6) is 1.53. The molecule has 0 fully saturated rings. The van der Waals surface area contributed by atoms with Gasteiger partial charge >= 0.3 is 0 Å². The van der Waals surface area contributed by atoms with Gasteiger partial charge in [0, 0.05) is 36.0 Å². The zero-order valence-electron chi connectivity index (χ0n) is 13.8. The molecule has 0 unspecified atom stereocenters. The molecule has 0 atom stereocenters. The normalized spacial score (nSPS) is 10.9. The van der Waals surface area contributed by atoms with E-state index in [4.69, 9.17) is 5.26 Å². The zero-order chi connectivity index (χ0) is 17.2. The molecule has 0 amide bonds. The Balaban J connectivity index is 1.76. The first-order valence-corrected chi connectivity index (χ1v) is 8.12. The highest BCUT2D eigenvalue weighted by Gasteiger charge is 2.14. The fourth-order valence-electron chi connectivity index (χ4n) is 3.07. The van der Waals surface area contributed by atoms with Gasteiger partial charge in [-0.1, -0.05) is 19.1 Å². The lowest BCUT2D eigenvalue weighted by atomic mass is 10.1. The van der Waals surface area contributed by atoms with Gasteiger partial charge in [-0.25, -0.2) is 15.0 Å². The lowest BCUT2D eigenvalue weighted by Gasteiger charge is -2.08. The Morgan fingerprint density at radius 1 is 1.12 bits per heavy atom. The average molecular weight is 328 g/mol. The summed E-state index contributed by atoms with van der Waals surface area (Å²) < 4.78 is 4.08. The van der Waals surface area contributed by atoms with Crippen LogP contribution in [0.15, 0.2) is 55.1 Å². The van der Waals surface area contributed by atoms with E-state index >= 15 is 0 Å². The quantitative estimate of drug-likeness (QED) is 0.577. The van der Waals surface area contributed by atoms with Gasteiger partial charge in [0.2, 0.25) is 5.78 Å². The second kappa shape index (κ2) is 6.21. The van der Waals surface area contributed by atoms with Gasteiger partial charge in [0.05, 0.1) is 23.9 Å². The van der Waals surface area contributed by atoms with Crippen molar-refractivity contribution in [1.29, 1.82) is 5.26 Å². The summed E-state index contributed by atoms with van der Waals surface area (Å²) in [6, 6.07) is 11.6. The number of imidazole rings is 2. The molecule has 0 aliphatic carbocycles. The van der Waals surface area contributed by atoms with E-state index in [1.807, 2.05) is 41.1 Å². The van der Waals surface area contributed by atoms with Crippen molar-refractivity contribution in [2.24, 2.45) is 0 Å². The Morgan fingerprint density at radius 3 is 2.88 bits per heavy atom. The van der Waals surface area contributed by atoms with Crippen molar-refractivity contribution in [1.82, 2.24) is 23.9 Å². The standard InChI is InChI=1S/C19H16N6/c1-2-17-16(23-19-22-7-4-9-25(17)19)13-24-10-8-21-18(24)15-6-3-5-14(11-15)12-20/h3-11H,2,13H2,1H3. The third kappa shape index (κ3) is 2.66. The molecular weight excluding hydrogens is 312 g/mol. The molecule has 0 saturated carbocycles. The number of hydrogen-bond acceptors (Lipinski definition) is 4. The lowest BCUT2D eigenvalue weighted by Crippen LogP contribution is -2.04. The largest absolute Gasteiger partial charge is 0.325 e. The molecule has 0 aliphatic rings. The van der Waals surface area contributed by atoms with Crippen LogP contribution >= 0.6 is 0 Å². The van der Waals surface area contributed by atoms with Crippen LogP contribution < -0.4 is 0 Å². The molecular formula is C19H16N6. The molecule has 4 aromatic rings. The van der Waals surface area contributed by atoms with Crippen molar-refractivity contribution < 1.29 is 0 Å². The highest BCUT2D eigenvalue weighted by molar-refractivity contribution is 5.58. The molecule has 4 rings (SSSR count). The number of fused-ring (bicyclic) bond motifs is 1. The van der Waals surface area contributed by atoms with Gasteiger partial charge < -0.3 is 4.57 Å². The summed E-state index contributed by atoms with van der Waals surface area (Å²) in [5, 5.41) is 9.12. The van der Waals surface area contributed by atoms with Crippen LogP contribution in [0.3, 0.4) is 0 Å². The Kier molecular flexibility index (Phi) is 3.75. The lowest BCUT2D eigenvalue weighted by molar-refractivity contribution is 0.772. The van der Waals surface area contributed by atoms with Crippen molar-refractivity contribution in [3.63, 3.8) is 0 Å². The molecule has 0 bridgehead atoms. The smallest absolute Gasteiger partial charge is 0.234 e. The molecule has 0 saturated heterocycles. The minimum atomic E-state index is 0.610. The first-order chi connectivity index (χ1) is 12.3. The third-order valence-corrected chi connectivity index (χ3v) is 4.21. The molecule has 0 radical (unpaired) electrons. The van der Waals surface area contributed by atoms with Gasteiger partial charge in [-0.05, 0) is 24.6 Å². The number of nitrogens with zero attached hydrogens (tertiary/aromatic N) is 6. The average Bonchev–Trinajstić information content (AvgIpc) is 3.25. The molecule has 3 aromatic heterocycles. The second-order valence-corrected chi connectivity index (χ2v) is 5.72. The SMILES string of the molecule is CCc1c(Cn2ccnc2-c2cccc(C#N)c2)nc2ncccn12. The fourth-order valence-corrected chi connectivity index (χ4v) is 3.07. The van der Waals surface area contributed by atoms with E-state index in [9.17, 15) is 0 Å². The van der Waals surface area contributed by atoms with Gasteiger partial charge in [0.15, 0.2) is 0 Å². The van der Waals surface area contributed by atoms with Crippen LogP contribution in [-0.2, 0) is 13.0 Å². The maximum Gasteiger partial charge on any atom is 0.234 e. The Hall–Kier alpha value is -3.46. The first kappa shape index (κ1) is 15.1. The van der Waals surface area contributed by atoms with Crippen molar-refractivity contribution in [3.8, 4) is 17.5 Å². The second-order valence-electron chi connectivity index (χ2n) is 5.72. The van der Waals surface area contributed by atoms with Crippen LogP contribution in [0, 0.1) is 11.3 Å². The zero-order valence-corrected chi connectivity index (χ0v) is 13.8. The maximum absolute atomic E-state index is 9.12. The van der Waals surface area contributed by atoms with E-state index in [0.29, 0.717) is 17.9 Å². The van der Waals surface area contributed by atoms with Gasteiger partial charge in [-0.15, -0.1) is 0 Å². The number of benzene rings is 1. The Labute approximate surface area is 145 Å². The first-order valence-electron chi connectivity index (χ1n) is 8.12. The van der Waals surface area contributed by atoms with E-state index < -0.39 is 0 Å². The van der Waals surface area contributed by atoms with Crippen molar-refractivity contribution in [2.45, 2.75) is 19.9 Å². The molecule has 1 aromatic carbocycles.